The molecule has 1 aliphatic rings. The molecular formula is C17H24N4O2S. The third-order valence-corrected chi connectivity index (χ3v) is 5.45. The zero-order chi connectivity index (χ0) is 17.3. The summed E-state index contributed by atoms with van der Waals surface area (Å²) in [6.07, 6.45) is -0.771. The highest BCUT2D eigenvalue weighted by atomic mass is 32.1. The number of carbonyl (C=O) groups is 1. The molecule has 2 aromatic heterocycles. The van der Waals surface area contributed by atoms with Crippen molar-refractivity contribution in [3.05, 3.63) is 39.3 Å². The van der Waals surface area contributed by atoms with E-state index in [9.17, 15) is 9.90 Å². The number of rotatable bonds is 5. The lowest BCUT2D eigenvalue weighted by Gasteiger charge is -2.27. The van der Waals surface area contributed by atoms with Crippen LogP contribution in [0.25, 0.3) is 0 Å². The van der Waals surface area contributed by atoms with Gasteiger partial charge in [-0.2, -0.15) is 5.10 Å². The second-order valence-corrected chi connectivity index (χ2v) is 7.53. The largest absolute Gasteiger partial charge is 0.386 e. The molecule has 0 radical (unpaired) electrons. The number of amides is 1. The van der Waals surface area contributed by atoms with Gasteiger partial charge < -0.3 is 10.0 Å². The Morgan fingerprint density at radius 2 is 2.25 bits per heavy atom. The molecule has 0 aromatic carbocycles. The first-order valence-corrected chi connectivity index (χ1v) is 9.02. The van der Waals surface area contributed by atoms with Gasteiger partial charge >= 0.3 is 0 Å². The van der Waals surface area contributed by atoms with Gasteiger partial charge in [0.05, 0.1) is 24.4 Å². The van der Waals surface area contributed by atoms with Gasteiger partial charge in [0.25, 0.3) is 0 Å². The number of aryl methyl sites for hydroxylation is 1. The van der Waals surface area contributed by atoms with Gasteiger partial charge in [-0.05, 0) is 30.0 Å². The number of fused-ring (bicyclic) bond motifs is 1. The molecule has 0 aliphatic carbocycles. The second-order valence-electron chi connectivity index (χ2n) is 6.53. The summed E-state index contributed by atoms with van der Waals surface area (Å²) in [5.41, 5.74) is 3.04. The highest BCUT2D eigenvalue weighted by Gasteiger charge is 2.23. The Balaban J connectivity index is 1.66. The van der Waals surface area contributed by atoms with Crippen molar-refractivity contribution in [3.8, 4) is 0 Å². The van der Waals surface area contributed by atoms with Gasteiger partial charge in [-0.25, -0.2) is 0 Å². The van der Waals surface area contributed by atoms with Crippen molar-refractivity contribution in [2.45, 2.75) is 39.1 Å². The molecular weight excluding hydrogens is 324 g/mol. The molecule has 0 spiro atoms. The number of hydrogen-bond acceptors (Lipinski definition) is 5. The minimum atomic E-state index is -0.842. The molecule has 1 aliphatic heterocycles. The highest BCUT2D eigenvalue weighted by Crippen LogP contribution is 2.24. The Kier molecular flexibility index (Phi) is 5.03. The van der Waals surface area contributed by atoms with Crippen LogP contribution in [-0.4, -0.2) is 51.2 Å². The van der Waals surface area contributed by atoms with E-state index in [1.165, 1.54) is 15.3 Å². The molecule has 0 saturated carbocycles. The lowest BCUT2D eigenvalue weighted by Crippen LogP contribution is -2.33. The molecule has 0 saturated heterocycles. The lowest BCUT2D eigenvalue weighted by molar-refractivity contribution is -0.130. The molecule has 3 rings (SSSR count). The minimum absolute atomic E-state index is 0.0710. The van der Waals surface area contributed by atoms with Crippen LogP contribution in [0.4, 0.5) is 0 Å². The minimum Gasteiger partial charge on any atom is -0.386 e. The SMILES string of the molecule is Cc1ccsc1CN1CCn2nc(C(O)CC(=O)N(C)C)cc2C1. The fraction of sp³-hybridized carbons (Fsp3) is 0.529. The number of nitrogens with zero attached hydrogens (tertiary/aromatic N) is 4. The van der Waals surface area contributed by atoms with Gasteiger partial charge in [-0.3, -0.25) is 14.4 Å². The first-order chi connectivity index (χ1) is 11.4. The molecule has 2 aromatic rings. The van der Waals surface area contributed by atoms with E-state index >= 15 is 0 Å². The quantitative estimate of drug-likeness (QED) is 0.895. The number of aliphatic hydroxyl groups excluding tert-OH is 1. The van der Waals surface area contributed by atoms with E-state index in [1.54, 1.807) is 25.4 Å². The van der Waals surface area contributed by atoms with Crippen molar-refractivity contribution < 1.29 is 9.90 Å². The average Bonchev–Trinajstić information content (AvgIpc) is 3.13. The summed E-state index contributed by atoms with van der Waals surface area (Å²) < 4.78 is 1.95. The van der Waals surface area contributed by atoms with Crippen LogP contribution in [0.3, 0.4) is 0 Å². The van der Waals surface area contributed by atoms with Crippen LogP contribution >= 0.6 is 11.3 Å². The smallest absolute Gasteiger partial charge is 0.225 e. The van der Waals surface area contributed by atoms with Crippen molar-refractivity contribution in [1.29, 1.82) is 0 Å². The normalized spacial score (nSPS) is 16.0. The standard InChI is InChI=1S/C17H24N4O2S/c1-12-4-7-24-16(12)11-20-5-6-21-13(10-20)8-14(18-21)15(22)9-17(23)19(2)3/h4,7-8,15,22H,5-6,9-11H2,1-3H3. The average molecular weight is 348 g/mol. The monoisotopic (exact) mass is 348 g/mol. The van der Waals surface area contributed by atoms with Gasteiger partial charge in [-0.1, -0.05) is 0 Å². The van der Waals surface area contributed by atoms with Gasteiger partial charge in [0.1, 0.15) is 6.10 Å². The van der Waals surface area contributed by atoms with Gasteiger partial charge in [0.2, 0.25) is 5.91 Å². The third kappa shape index (κ3) is 3.68. The number of thiophene rings is 1. The van der Waals surface area contributed by atoms with Crippen LogP contribution in [0, 0.1) is 6.92 Å². The van der Waals surface area contributed by atoms with Crippen molar-refractivity contribution in [3.63, 3.8) is 0 Å². The van der Waals surface area contributed by atoms with Gasteiger partial charge in [0.15, 0.2) is 0 Å². The van der Waals surface area contributed by atoms with Crippen LogP contribution in [-0.2, 0) is 24.4 Å². The van der Waals surface area contributed by atoms with Crippen LogP contribution in [0.2, 0.25) is 0 Å². The highest BCUT2D eigenvalue weighted by molar-refractivity contribution is 7.10. The Morgan fingerprint density at radius 1 is 1.46 bits per heavy atom. The number of hydrogen-bond donors (Lipinski definition) is 1. The summed E-state index contributed by atoms with van der Waals surface area (Å²) in [5, 5.41) is 16.9. The Morgan fingerprint density at radius 3 is 2.92 bits per heavy atom. The fourth-order valence-corrected chi connectivity index (χ4v) is 3.81. The molecule has 130 valence electrons. The topological polar surface area (TPSA) is 61.6 Å². The summed E-state index contributed by atoms with van der Waals surface area (Å²) in [6.45, 7) is 5.67. The van der Waals surface area contributed by atoms with Crippen molar-refractivity contribution in [1.82, 2.24) is 19.6 Å². The van der Waals surface area contributed by atoms with Crippen LogP contribution in [0.5, 0.6) is 0 Å². The molecule has 3 heterocycles. The predicted octanol–water partition coefficient (Wildman–Crippen LogP) is 1.78. The molecule has 6 nitrogen and oxygen atoms in total. The number of carbonyl (C=O) groups excluding carboxylic acids is 1. The summed E-state index contributed by atoms with van der Waals surface area (Å²) in [7, 11) is 3.38. The molecule has 1 amide bonds. The number of aliphatic hydroxyl groups is 1. The molecule has 0 bridgehead atoms. The molecule has 0 fully saturated rings. The maximum Gasteiger partial charge on any atom is 0.225 e. The Bertz CT molecular complexity index is 722. The molecule has 1 N–H and O–H groups in total. The summed E-state index contributed by atoms with van der Waals surface area (Å²) in [4.78, 5) is 17.0. The van der Waals surface area contributed by atoms with Crippen molar-refractivity contribution in [2.24, 2.45) is 0 Å². The van der Waals surface area contributed by atoms with Crippen LogP contribution in [0.1, 0.15) is 34.4 Å². The van der Waals surface area contributed by atoms with Gasteiger partial charge in [-0.15, -0.1) is 11.3 Å². The fourth-order valence-electron chi connectivity index (χ4n) is 2.86. The molecule has 1 atom stereocenters. The van der Waals surface area contributed by atoms with E-state index in [2.05, 4.69) is 28.4 Å². The van der Waals surface area contributed by atoms with E-state index in [4.69, 9.17) is 0 Å². The van der Waals surface area contributed by atoms with Crippen molar-refractivity contribution >= 4 is 17.2 Å². The zero-order valence-corrected chi connectivity index (χ0v) is 15.2. The van der Waals surface area contributed by atoms with E-state index in [0.717, 1.165) is 31.9 Å². The number of aromatic nitrogens is 2. The zero-order valence-electron chi connectivity index (χ0n) is 14.4. The summed E-state index contributed by atoms with van der Waals surface area (Å²) in [6, 6.07) is 4.09. The molecule has 24 heavy (non-hydrogen) atoms. The maximum absolute atomic E-state index is 11.8. The maximum atomic E-state index is 11.8. The molecule has 1 unspecified atom stereocenters. The van der Waals surface area contributed by atoms with Gasteiger partial charge in [0, 0.05) is 38.6 Å². The van der Waals surface area contributed by atoms with E-state index in [1.807, 2.05) is 10.7 Å². The van der Waals surface area contributed by atoms with E-state index < -0.39 is 6.10 Å². The summed E-state index contributed by atoms with van der Waals surface area (Å²) in [5.74, 6) is -0.0942. The predicted molar refractivity (Wildman–Crippen MR) is 93.7 cm³/mol. The molecule has 7 heteroatoms. The Hall–Kier alpha value is -1.70. The van der Waals surface area contributed by atoms with Crippen LogP contribution < -0.4 is 0 Å². The first kappa shape index (κ1) is 17.1. The lowest BCUT2D eigenvalue weighted by atomic mass is 10.1. The second kappa shape index (κ2) is 7.04. The Labute approximate surface area is 146 Å². The van der Waals surface area contributed by atoms with Crippen molar-refractivity contribution in [2.75, 3.05) is 20.6 Å². The summed E-state index contributed by atoms with van der Waals surface area (Å²) >= 11 is 1.80. The first-order valence-electron chi connectivity index (χ1n) is 8.14. The van der Waals surface area contributed by atoms with E-state index in [-0.39, 0.29) is 12.3 Å². The third-order valence-electron chi connectivity index (χ3n) is 4.44. The van der Waals surface area contributed by atoms with Crippen LogP contribution in [0.15, 0.2) is 17.5 Å². The van der Waals surface area contributed by atoms with E-state index in [0.29, 0.717) is 5.69 Å².